The predicted molar refractivity (Wildman–Crippen MR) is 106 cm³/mol. The van der Waals surface area contributed by atoms with Gasteiger partial charge in [0.25, 0.3) is 5.91 Å². The topological polar surface area (TPSA) is 59.0 Å². The van der Waals surface area contributed by atoms with Crippen molar-refractivity contribution in [1.29, 1.82) is 0 Å². The first kappa shape index (κ1) is 17.1. The minimum Gasteiger partial charge on any atom is -0.279 e. The fourth-order valence-corrected chi connectivity index (χ4v) is 4.43. The van der Waals surface area contributed by atoms with Crippen LogP contribution in [0.25, 0.3) is 10.2 Å². The van der Waals surface area contributed by atoms with E-state index < -0.39 is 0 Å². The highest BCUT2D eigenvalue weighted by Crippen LogP contribution is 2.34. The molecule has 130 valence electrons. The van der Waals surface area contributed by atoms with Crippen molar-refractivity contribution >= 4 is 55.7 Å². The molecule has 4 rings (SSSR count). The van der Waals surface area contributed by atoms with Crippen LogP contribution < -0.4 is 4.90 Å². The Bertz CT molecular complexity index is 1080. The molecule has 26 heavy (non-hydrogen) atoms. The molecule has 0 aliphatic heterocycles. The lowest BCUT2D eigenvalue weighted by molar-refractivity contribution is 0.0988. The van der Waals surface area contributed by atoms with Crippen LogP contribution >= 0.6 is 34.5 Å². The summed E-state index contributed by atoms with van der Waals surface area (Å²) in [5, 5.41) is 5.14. The number of amides is 1. The molecule has 2 aromatic heterocycles. The van der Waals surface area contributed by atoms with Crippen molar-refractivity contribution in [3.8, 4) is 0 Å². The number of para-hydroxylation sites is 1. The van der Waals surface area contributed by atoms with Gasteiger partial charge in [-0.1, -0.05) is 63.8 Å². The molecule has 0 saturated carbocycles. The summed E-state index contributed by atoms with van der Waals surface area (Å²) in [6.07, 6.45) is 0. The Balaban J connectivity index is 1.80. The van der Waals surface area contributed by atoms with Crippen LogP contribution in [0, 0.1) is 6.92 Å². The summed E-state index contributed by atoms with van der Waals surface area (Å²) < 4.78 is 4.83. The number of anilines is 1. The van der Waals surface area contributed by atoms with E-state index in [1.807, 2.05) is 42.5 Å². The number of aryl methyl sites for hydroxylation is 1. The quantitative estimate of drug-likeness (QED) is 0.486. The zero-order valence-corrected chi connectivity index (χ0v) is 16.1. The Morgan fingerprint density at radius 2 is 1.96 bits per heavy atom. The van der Waals surface area contributed by atoms with E-state index in [-0.39, 0.29) is 5.91 Å². The largest absolute Gasteiger partial charge is 0.279 e. The fourth-order valence-electron chi connectivity index (χ4n) is 2.56. The molecule has 0 bridgehead atoms. The third-order valence-corrected chi connectivity index (χ3v) is 6.03. The molecule has 0 fully saturated rings. The van der Waals surface area contributed by atoms with Crippen molar-refractivity contribution in [2.75, 3.05) is 4.90 Å². The normalized spacial score (nSPS) is 11.0. The van der Waals surface area contributed by atoms with Gasteiger partial charge in [0.15, 0.2) is 5.13 Å². The van der Waals surface area contributed by atoms with Gasteiger partial charge in [-0.3, -0.25) is 9.69 Å². The van der Waals surface area contributed by atoms with Crippen LogP contribution in [0.15, 0.2) is 48.5 Å². The molecule has 0 spiro atoms. The molecule has 2 heterocycles. The molecule has 4 aromatic rings. The summed E-state index contributed by atoms with van der Waals surface area (Å²) in [6, 6.07) is 15.5. The standard InChI is InChI=1S/C18H13ClN4OS2/c1-11-16(26-22-21-11)17(24)23(10-12-6-3-2-4-7-12)18-20-15-13(19)8-5-9-14(15)25-18/h2-9H,10H2,1H3. The maximum atomic E-state index is 13.2. The van der Waals surface area contributed by atoms with E-state index in [0.717, 1.165) is 21.8 Å². The lowest BCUT2D eigenvalue weighted by Gasteiger charge is -2.19. The molecule has 0 N–H and O–H groups in total. The van der Waals surface area contributed by atoms with Crippen molar-refractivity contribution in [3.05, 3.63) is 69.7 Å². The van der Waals surface area contributed by atoms with Crippen molar-refractivity contribution in [1.82, 2.24) is 14.6 Å². The molecule has 2 aromatic carbocycles. The average Bonchev–Trinajstić information content (AvgIpc) is 3.27. The van der Waals surface area contributed by atoms with E-state index in [2.05, 4.69) is 14.6 Å². The van der Waals surface area contributed by atoms with Crippen LogP contribution in [0.5, 0.6) is 0 Å². The second-order valence-corrected chi connectivity index (χ2v) is 7.82. The molecule has 0 radical (unpaired) electrons. The maximum absolute atomic E-state index is 13.2. The molecule has 0 unspecified atom stereocenters. The molecule has 0 atom stereocenters. The van der Waals surface area contributed by atoms with E-state index in [1.54, 1.807) is 17.9 Å². The van der Waals surface area contributed by atoms with Crippen LogP contribution in [0.3, 0.4) is 0 Å². The lowest BCUT2D eigenvalue weighted by atomic mass is 10.2. The second-order valence-electron chi connectivity index (χ2n) is 5.65. The van der Waals surface area contributed by atoms with Gasteiger partial charge in [0.05, 0.1) is 22.0 Å². The predicted octanol–water partition coefficient (Wildman–Crippen LogP) is 4.96. The van der Waals surface area contributed by atoms with E-state index in [0.29, 0.717) is 32.8 Å². The van der Waals surface area contributed by atoms with Gasteiger partial charge in [-0.05, 0) is 36.2 Å². The number of fused-ring (bicyclic) bond motifs is 1. The Morgan fingerprint density at radius 3 is 2.65 bits per heavy atom. The third kappa shape index (κ3) is 3.21. The number of rotatable bonds is 4. The maximum Gasteiger partial charge on any atom is 0.274 e. The molecule has 0 aliphatic carbocycles. The number of aromatic nitrogens is 3. The van der Waals surface area contributed by atoms with Crippen LogP contribution in [0.2, 0.25) is 5.02 Å². The molecule has 0 aliphatic rings. The van der Waals surface area contributed by atoms with Gasteiger partial charge in [0.1, 0.15) is 10.4 Å². The number of thiazole rings is 1. The SMILES string of the molecule is Cc1nnsc1C(=O)N(Cc1ccccc1)c1nc2c(Cl)cccc2s1. The number of hydrogen-bond donors (Lipinski definition) is 0. The number of carbonyl (C=O) groups is 1. The number of halogens is 1. The smallest absolute Gasteiger partial charge is 0.274 e. The zero-order chi connectivity index (χ0) is 18.1. The van der Waals surface area contributed by atoms with E-state index in [9.17, 15) is 4.79 Å². The highest BCUT2D eigenvalue weighted by molar-refractivity contribution is 7.22. The summed E-state index contributed by atoms with van der Waals surface area (Å²) in [7, 11) is 0. The number of carbonyl (C=O) groups excluding carboxylic acids is 1. The van der Waals surface area contributed by atoms with E-state index in [1.165, 1.54) is 11.3 Å². The number of nitrogens with zero attached hydrogens (tertiary/aromatic N) is 4. The minimum atomic E-state index is -0.156. The molecule has 8 heteroatoms. The fraction of sp³-hybridized carbons (Fsp3) is 0.111. The van der Waals surface area contributed by atoms with E-state index >= 15 is 0 Å². The first-order valence-corrected chi connectivity index (χ1v) is 9.80. The highest BCUT2D eigenvalue weighted by Gasteiger charge is 2.25. The summed E-state index contributed by atoms with van der Waals surface area (Å²) >= 11 is 8.81. The van der Waals surface area contributed by atoms with Gasteiger partial charge < -0.3 is 0 Å². The summed E-state index contributed by atoms with van der Waals surface area (Å²) in [5.41, 5.74) is 2.35. The van der Waals surface area contributed by atoms with Crippen LogP contribution in [0.1, 0.15) is 20.9 Å². The second kappa shape index (κ2) is 7.11. The van der Waals surface area contributed by atoms with Crippen molar-refractivity contribution < 1.29 is 4.79 Å². The van der Waals surface area contributed by atoms with Crippen molar-refractivity contribution in [2.24, 2.45) is 0 Å². The molecule has 1 amide bonds. The molecular weight excluding hydrogens is 388 g/mol. The van der Waals surface area contributed by atoms with Crippen molar-refractivity contribution in [2.45, 2.75) is 13.5 Å². The Labute approximate surface area is 163 Å². The minimum absolute atomic E-state index is 0.156. The monoisotopic (exact) mass is 400 g/mol. The zero-order valence-electron chi connectivity index (χ0n) is 13.7. The van der Waals surface area contributed by atoms with Gasteiger partial charge in [-0.25, -0.2) is 4.98 Å². The number of hydrogen-bond acceptors (Lipinski definition) is 6. The lowest BCUT2D eigenvalue weighted by Crippen LogP contribution is -2.30. The summed E-state index contributed by atoms with van der Waals surface area (Å²) in [4.78, 5) is 20.0. The van der Waals surface area contributed by atoms with Crippen LogP contribution in [-0.4, -0.2) is 20.5 Å². The molecular formula is C18H13ClN4OS2. The van der Waals surface area contributed by atoms with Crippen LogP contribution in [-0.2, 0) is 6.54 Å². The first-order chi connectivity index (χ1) is 12.6. The van der Waals surface area contributed by atoms with Gasteiger partial charge in [0.2, 0.25) is 0 Å². The number of benzene rings is 2. The van der Waals surface area contributed by atoms with Gasteiger partial charge in [-0.15, -0.1) is 5.10 Å². The van der Waals surface area contributed by atoms with Crippen molar-refractivity contribution in [3.63, 3.8) is 0 Å². The van der Waals surface area contributed by atoms with Gasteiger partial charge in [0, 0.05) is 0 Å². The summed E-state index contributed by atoms with van der Waals surface area (Å²) in [5.74, 6) is -0.156. The average molecular weight is 401 g/mol. The van der Waals surface area contributed by atoms with E-state index in [4.69, 9.17) is 11.6 Å². The van der Waals surface area contributed by atoms with Gasteiger partial charge >= 0.3 is 0 Å². The highest BCUT2D eigenvalue weighted by atomic mass is 35.5. The Hall–Kier alpha value is -2.35. The summed E-state index contributed by atoms with van der Waals surface area (Å²) in [6.45, 7) is 2.20. The Kier molecular flexibility index (Phi) is 4.67. The first-order valence-electron chi connectivity index (χ1n) is 7.83. The van der Waals surface area contributed by atoms with Gasteiger partial charge in [-0.2, -0.15) is 0 Å². The third-order valence-electron chi connectivity index (χ3n) is 3.86. The Morgan fingerprint density at radius 1 is 1.15 bits per heavy atom. The molecule has 0 saturated heterocycles. The molecule has 5 nitrogen and oxygen atoms in total. The van der Waals surface area contributed by atoms with Crippen LogP contribution in [0.4, 0.5) is 5.13 Å².